The molecule has 1 N–H and O–H groups in total. The van der Waals surface area contributed by atoms with E-state index < -0.39 is 17.2 Å². The van der Waals surface area contributed by atoms with Crippen LogP contribution in [0.25, 0.3) is 0 Å². The molecular weight excluding hydrogens is 367 g/mol. The lowest BCUT2D eigenvalue weighted by atomic mass is 9.45. The van der Waals surface area contributed by atoms with Crippen molar-refractivity contribution in [3.8, 4) is 0 Å². The maximum Gasteiger partial charge on any atom is 0.155 e. The first-order valence-electron chi connectivity index (χ1n) is 9.90. The highest BCUT2D eigenvalue weighted by Crippen LogP contribution is 2.73. The number of alkyl halides is 1. The van der Waals surface area contributed by atoms with Crippen LogP contribution in [0, 0.1) is 22.7 Å². The van der Waals surface area contributed by atoms with E-state index in [1.165, 1.54) is 0 Å². The van der Waals surface area contributed by atoms with Crippen LogP contribution in [-0.4, -0.2) is 39.3 Å². The molecule has 6 atom stereocenters. The fourth-order valence-electron chi connectivity index (χ4n) is 7.27. The van der Waals surface area contributed by atoms with Crippen LogP contribution in [0.2, 0.25) is 0 Å². The third-order valence-corrected chi connectivity index (χ3v) is 12.4. The van der Waals surface area contributed by atoms with Crippen molar-refractivity contribution >= 4 is 29.3 Å². The highest BCUT2D eigenvalue weighted by molar-refractivity contribution is 8.17. The third-order valence-electron chi connectivity index (χ3n) is 8.75. The number of aliphatic hydroxyl groups is 1. The van der Waals surface area contributed by atoms with Crippen molar-refractivity contribution in [1.82, 2.24) is 0 Å². The second-order valence-electron chi connectivity index (χ2n) is 9.32. The first-order chi connectivity index (χ1) is 12.2. The Morgan fingerprint density at radius 1 is 1.12 bits per heavy atom. The van der Waals surface area contributed by atoms with Gasteiger partial charge in [-0.25, -0.2) is 4.39 Å². The fourth-order valence-corrected chi connectivity index (χ4v) is 9.99. The Hall–Kier alpha value is -0.0000000000000000763. The molecule has 4 rings (SSSR count). The van der Waals surface area contributed by atoms with Crippen molar-refractivity contribution in [3.05, 3.63) is 11.6 Å². The molecular formula is C21H31FO2S2. The molecule has 0 unspecified atom stereocenters. The van der Waals surface area contributed by atoms with Crippen molar-refractivity contribution in [3.63, 3.8) is 0 Å². The van der Waals surface area contributed by atoms with Crippen molar-refractivity contribution < 1.29 is 14.3 Å². The summed E-state index contributed by atoms with van der Waals surface area (Å²) < 4.78 is 17.0. The topological polar surface area (TPSA) is 37.3 Å². The third kappa shape index (κ3) is 2.09. The van der Waals surface area contributed by atoms with E-state index in [2.05, 4.69) is 19.4 Å². The zero-order chi connectivity index (χ0) is 19.0. The summed E-state index contributed by atoms with van der Waals surface area (Å²) >= 11 is 3.80. The second kappa shape index (κ2) is 6.00. The molecule has 0 heterocycles. The summed E-state index contributed by atoms with van der Waals surface area (Å²) in [6, 6.07) is 0. The largest absolute Gasteiger partial charge is 0.390 e. The van der Waals surface area contributed by atoms with E-state index >= 15 is 4.39 Å². The van der Waals surface area contributed by atoms with E-state index in [0.717, 1.165) is 31.3 Å². The van der Waals surface area contributed by atoms with Gasteiger partial charge >= 0.3 is 0 Å². The molecule has 0 spiro atoms. The molecule has 3 fully saturated rings. The van der Waals surface area contributed by atoms with E-state index in [1.807, 2.05) is 30.4 Å². The molecule has 4 aliphatic rings. The summed E-state index contributed by atoms with van der Waals surface area (Å²) in [6.45, 7) is 4.28. The first-order valence-corrected chi connectivity index (χ1v) is 12.3. The Bertz CT molecular complexity index is 660. The molecule has 0 saturated heterocycles. The first kappa shape index (κ1) is 19.3. The van der Waals surface area contributed by atoms with Crippen LogP contribution < -0.4 is 0 Å². The van der Waals surface area contributed by atoms with Crippen molar-refractivity contribution in [2.75, 3.05) is 12.5 Å². The average molecular weight is 399 g/mol. The smallest absolute Gasteiger partial charge is 0.155 e. The number of halogens is 1. The normalized spacial score (nSPS) is 49.8. The summed E-state index contributed by atoms with van der Waals surface area (Å²) in [4.78, 5) is 11.9. The number of fused-ring (bicyclic) bond motifs is 5. The van der Waals surface area contributed by atoms with Crippen molar-refractivity contribution in [1.29, 1.82) is 0 Å². The maximum absolute atomic E-state index is 16.9. The van der Waals surface area contributed by atoms with Gasteiger partial charge in [0.2, 0.25) is 0 Å². The molecule has 0 aromatic carbocycles. The minimum Gasteiger partial charge on any atom is -0.390 e. The van der Waals surface area contributed by atoms with Gasteiger partial charge < -0.3 is 5.11 Å². The highest BCUT2D eigenvalue weighted by atomic mass is 32.2. The molecule has 0 aromatic heterocycles. The van der Waals surface area contributed by atoms with Gasteiger partial charge in [0.15, 0.2) is 5.78 Å². The summed E-state index contributed by atoms with van der Waals surface area (Å²) in [6.07, 6.45) is 10.3. The summed E-state index contributed by atoms with van der Waals surface area (Å²) in [5.41, 5.74) is -1.38. The predicted molar refractivity (Wildman–Crippen MR) is 108 cm³/mol. The van der Waals surface area contributed by atoms with Crippen molar-refractivity contribution in [2.45, 2.75) is 74.6 Å². The Balaban J connectivity index is 1.80. The Morgan fingerprint density at radius 2 is 1.81 bits per heavy atom. The van der Waals surface area contributed by atoms with E-state index in [-0.39, 0.29) is 21.2 Å². The maximum atomic E-state index is 16.9. The van der Waals surface area contributed by atoms with Gasteiger partial charge in [-0.3, -0.25) is 4.79 Å². The molecule has 0 aromatic rings. The van der Waals surface area contributed by atoms with Crippen LogP contribution in [0.4, 0.5) is 4.39 Å². The molecule has 26 heavy (non-hydrogen) atoms. The quantitative estimate of drug-likeness (QED) is 0.664. The lowest BCUT2D eigenvalue weighted by molar-refractivity contribution is -0.203. The van der Waals surface area contributed by atoms with E-state index in [4.69, 9.17) is 0 Å². The number of carbonyl (C=O) groups is 1. The molecule has 0 bridgehead atoms. The van der Waals surface area contributed by atoms with Crippen LogP contribution in [-0.2, 0) is 4.79 Å². The van der Waals surface area contributed by atoms with Crippen LogP contribution >= 0.6 is 23.5 Å². The number of allylic oxidation sites excluding steroid dienone is 1. The Morgan fingerprint density at radius 3 is 2.46 bits per heavy atom. The number of thioether (sulfide) groups is 2. The van der Waals surface area contributed by atoms with Gasteiger partial charge in [-0.05, 0) is 68.4 Å². The van der Waals surface area contributed by atoms with E-state index in [1.54, 1.807) is 6.08 Å². The number of ketones is 1. The van der Waals surface area contributed by atoms with E-state index in [9.17, 15) is 9.90 Å². The average Bonchev–Trinajstić information content (AvgIpc) is 2.89. The molecule has 0 aliphatic heterocycles. The van der Waals surface area contributed by atoms with Crippen LogP contribution in [0.3, 0.4) is 0 Å². The van der Waals surface area contributed by atoms with E-state index in [0.29, 0.717) is 25.2 Å². The molecule has 3 saturated carbocycles. The Labute approximate surface area is 165 Å². The lowest BCUT2D eigenvalue weighted by Gasteiger charge is -2.64. The number of aliphatic hydroxyl groups excluding tert-OH is 1. The minimum absolute atomic E-state index is 0.0480. The SMILES string of the molecule is CSC1(SC)CC[C@H]2[C@@H]3CCC4=CC(=O)CC[C@]4(C)[C@@]3(F)[C@@H](O)C[C@@]21C. The zero-order valence-electron chi connectivity index (χ0n) is 16.3. The summed E-state index contributed by atoms with van der Waals surface area (Å²) in [7, 11) is 0. The number of rotatable bonds is 2. The van der Waals surface area contributed by atoms with Gasteiger partial charge in [0.25, 0.3) is 0 Å². The Kier molecular flexibility index (Phi) is 4.46. The van der Waals surface area contributed by atoms with Gasteiger partial charge in [-0.15, -0.1) is 23.5 Å². The number of carbonyl (C=O) groups excluding carboxylic acids is 1. The molecule has 146 valence electrons. The van der Waals surface area contributed by atoms with Crippen LogP contribution in [0.15, 0.2) is 11.6 Å². The molecule has 2 nitrogen and oxygen atoms in total. The minimum atomic E-state index is -1.60. The number of hydrogen-bond donors (Lipinski definition) is 1. The van der Waals surface area contributed by atoms with Crippen LogP contribution in [0.1, 0.15) is 58.8 Å². The zero-order valence-corrected chi connectivity index (χ0v) is 17.9. The van der Waals surface area contributed by atoms with Gasteiger partial charge in [0.05, 0.1) is 10.2 Å². The molecule has 5 heteroatoms. The van der Waals surface area contributed by atoms with Gasteiger partial charge in [0.1, 0.15) is 5.67 Å². The molecule has 0 amide bonds. The van der Waals surface area contributed by atoms with Gasteiger partial charge in [-0.2, -0.15) is 0 Å². The van der Waals surface area contributed by atoms with Crippen molar-refractivity contribution in [2.24, 2.45) is 22.7 Å². The lowest BCUT2D eigenvalue weighted by Crippen LogP contribution is -2.68. The number of hydrogen-bond acceptors (Lipinski definition) is 4. The molecule has 0 radical (unpaired) electrons. The summed E-state index contributed by atoms with van der Waals surface area (Å²) in [5.74, 6) is 0.332. The summed E-state index contributed by atoms with van der Waals surface area (Å²) in [5, 5.41) is 11.3. The molecule has 4 aliphatic carbocycles. The monoisotopic (exact) mass is 398 g/mol. The van der Waals surface area contributed by atoms with Crippen LogP contribution in [0.5, 0.6) is 0 Å². The predicted octanol–water partition coefficient (Wildman–Crippen LogP) is 5.00. The van der Waals surface area contributed by atoms with Gasteiger partial charge in [-0.1, -0.05) is 19.4 Å². The van der Waals surface area contributed by atoms with Gasteiger partial charge in [0, 0.05) is 17.8 Å². The highest BCUT2D eigenvalue weighted by Gasteiger charge is 2.73. The second-order valence-corrected chi connectivity index (χ2v) is 11.8. The fraction of sp³-hybridized carbons (Fsp3) is 0.857. The standard InChI is InChI=1S/C21H31FO2S2/c1-18-9-7-14(23)11-13(18)5-6-16-15-8-10-20(25-3,26-4)19(15,2)12-17(24)21(16,18)22/h11,15-17,24H,5-10,12H2,1-4H3/t15-,16-,17-,18-,19-,21-/m0/s1.